The molecule has 196 valence electrons. The molecule has 0 atom stereocenters. The number of aliphatic imine (C=N–C) groups is 1. The summed E-state index contributed by atoms with van der Waals surface area (Å²) in [6.45, 7) is 1.91. The summed E-state index contributed by atoms with van der Waals surface area (Å²) < 4.78 is 25.3. The molecule has 1 aliphatic heterocycles. The molecule has 0 radical (unpaired) electrons. The third kappa shape index (κ3) is 7.19. The first-order valence-corrected chi connectivity index (χ1v) is 13.8. The van der Waals surface area contributed by atoms with Crippen molar-refractivity contribution in [3.63, 3.8) is 0 Å². The zero-order valence-corrected chi connectivity index (χ0v) is 24.2. The summed E-state index contributed by atoms with van der Waals surface area (Å²) in [7, 11) is 0. The van der Waals surface area contributed by atoms with Gasteiger partial charge in [0.15, 0.2) is 23.3 Å². The van der Waals surface area contributed by atoms with Gasteiger partial charge in [0.05, 0.1) is 30.8 Å². The number of amides is 2. The van der Waals surface area contributed by atoms with Gasteiger partial charge in [-0.2, -0.15) is 0 Å². The lowest BCUT2D eigenvalue weighted by atomic mass is 10.2. The van der Waals surface area contributed by atoms with Crippen molar-refractivity contribution in [3.05, 3.63) is 84.5 Å². The lowest BCUT2D eigenvalue weighted by molar-refractivity contribution is -0.118. The molecule has 38 heavy (non-hydrogen) atoms. The van der Waals surface area contributed by atoms with E-state index in [9.17, 15) is 14.0 Å². The number of thioether (sulfide) groups is 1. The van der Waals surface area contributed by atoms with Crippen molar-refractivity contribution in [2.24, 2.45) is 4.99 Å². The van der Waals surface area contributed by atoms with Gasteiger partial charge in [0, 0.05) is 5.69 Å². The maximum absolute atomic E-state index is 13.1. The molecule has 7 nitrogen and oxygen atoms in total. The van der Waals surface area contributed by atoms with Crippen molar-refractivity contribution in [1.82, 2.24) is 5.32 Å². The van der Waals surface area contributed by atoms with Gasteiger partial charge in [-0.3, -0.25) is 9.59 Å². The number of benzene rings is 3. The Morgan fingerprint density at radius 3 is 2.68 bits per heavy atom. The fourth-order valence-electron chi connectivity index (χ4n) is 3.26. The summed E-state index contributed by atoms with van der Waals surface area (Å²) in [5.74, 6) is -0.300. The number of anilines is 1. The lowest BCUT2D eigenvalue weighted by Gasteiger charge is -2.15. The molecule has 2 N–H and O–H groups in total. The first-order chi connectivity index (χ1) is 18.2. The van der Waals surface area contributed by atoms with Gasteiger partial charge >= 0.3 is 0 Å². The van der Waals surface area contributed by atoms with Crippen LogP contribution in [0.25, 0.3) is 6.08 Å². The number of rotatable bonds is 8. The summed E-state index contributed by atoms with van der Waals surface area (Å²) in [6, 6.07) is 14.0. The summed E-state index contributed by atoms with van der Waals surface area (Å²) in [5, 5.41) is 6.41. The molecule has 12 heteroatoms. The third-order valence-corrected chi connectivity index (χ3v) is 7.43. The topological polar surface area (TPSA) is 89.0 Å². The van der Waals surface area contributed by atoms with Gasteiger partial charge < -0.3 is 20.1 Å². The highest BCUT2D eigenvalue weighted by molar-refractivity contribution is 14.1. The van der Waals surface area contributed by atoms with Crippen LogP contribution >= 0.6 is 57.6 Å². The van der Waals surface area contributed by atoms with E-state index in [0.717, 1.165) is 0 Å². The molecule has 0 aromatic heterocycles. The molecule has 1 fully saturated rings. The molecule has 4 rings (SSSR count). The van der Waals surface area contributed by atoms with Crippen LogP contribution in [0.3, 0.4) is 0 Å². The van der Waals surface area contributed by atoms with Gasteiger partial charge in [0.25, 0.3) is 11.8 Å². The number of ether oxygens (including phenoxy) is 2. The number of hydrogen-bond donors (Lipinski definition) is 2. The fraction of sp³-hybridized carbons (Fsp3) is 0.115. The minimum absolute atomic E-state index is 0.280. The predicted octanol–water partition coefficient (Wildman–Crippen LogP) is 7.04. The number of carbonyl (C=O) groups excluding carboxylic acids is 2. The zero-order chi connectivity index (χ0) is 27.2. The van der Waals surface area contributed by atoms with Gasteiger partial charge in [0.1, 0.15) is 5.82 Å². The van der Waals surface area contributed by atoms with E-state index in [-0.39, 0.29) is 12.5 Å². The summed E-state index contributed by atoms with van der Waals surface area (Å²) in [6.07, 6.45) is 1.71. The van der Waals surface area contributed by atoms with Gasteiger partial charge in [-0.15, -0.1) is 0 Å². The Labute approximate surface area is 245 Å². The minimum Gasteiger partial charge on any atom is -0.490 e. The van der Waals surface area contributed by atoms with Crippen molar-refractivity contribution in [2.75, 3.05) is 18.5 Å². The van der Waals surface area contributed by atoms with E-state index in [2.05, 4.69) is 38.2 Å². The zero-order valence-electron chi connectivity index (χ0n) is 19.7. The van der Waals surface area contributed by atoms with E-state index in [1.54, 1.807) is 36.4 Å². The Morgan fingerprint density at radius 2 is 1.95 bits per heavy atom. The second kappa shape index (κ2) is 12.8. The highest BCUT2D eigenvalue weighted by atomic mass is 127. The van der Waals surface area contributed by atoms with E-state index in [1.165, 1.54) is 36.0 Å². The Kier molecular flexibility index (Phi) is 9.53. The van der Waals surface area contributed by atoms with Crippen LogP contribution in [0.15, 0.2) is 64.5 Å². The number of hydrogen-bond acceptors (Lipinski definition) is 6. The Hall–Kier alpha value is -2.80. The van der Waals surface area contributed by atoms with E-state index in [0.29, 0.717) is 58.7 Å². The average Bonchev–Trinajstić information content (AvgIpc) is 3.21. The van der Waals surface area contributed by atoms with E-state index < -0.39 is 11.7 Å². The summed E-state index contributed by atoms with van der Waals surface area (Å²) in [4.78, 5) is 29.7. The van der Waals surface area contributed by atoms with Crippen LogP contribution in [0.5, 0.6) is 11.5 Å². The van der Waals surface area contributed by atoms with Crippen molar-refractivity contribution in [3.8, 4) is 11.5 Å². The van der Waals surface area contributed by atoms with Gasteiger partial charge in [-0.1, -0.05) is 29.3 Å². The first kappa shape index (κ1) is 28.2. The van der Waals surface area contributed by atoms with Crippen LogP contribution in [0.1, 0.15) is 12.5 Å². The highest BCUT2D eigenvalue weighted by Crippen LogP contribution is 2.37. The average molecular weight is 686 g/mol. The van der Waals surface area contributed by atoms with Crippen molar-refractivity contribution < 1.29 is 23.5 Å². The molecule has 0 aliphatic carbocycles. The van der Waals surface area contributed by atoms with Crippen LogP contribution in [-0.4, -0.2) is 30.2 Å². The highest BCUT2D eigenvalue weighted by Gasteiger charge is 2.25. The van der Waals surface area contributed by atoms with Gasteiger partial charge in [-0.25, -0.2) is 9.38 Å². The van der Waals surface area contributed by atoms with Crippen molar-refractivity contribution in [1.29, 1.82) is 0 Å². The van der Waals surface area contributed by atoms with Crippen LogP contribution in [0, 0.1) is 9.39 Å². The second-order valence-electron chi connectivity index (χ2n) is 7.66. The molecule has 1 saturated heterocycles. The number of carbonyl (C=O) groups is 2. The molecule has 1 aliphatic rings. The Balaban J connectivity index is 1.50. The summed E-state index contributed by atoms with van der Waals surface area (Å²) >= 11 is 15.5. The number of nitrogens with zero attached hydrogens (tertiary/aromatic N) is 1. The van der Waals surface area contributed by atoms with Crippen LogP contribution in [0.2, 0.25) is 10.0 Å². The van der Waals surface area contributed by atoms with E-state index in [1.807, 2.05) is 6.92 Å². The standard InChI is InChI=1S/C26H19Cl2FIN3O4S/c1-2-36-20-11-14(10-18(30)24(20)37-13-22(34)31-16-8-6-15(29)7-9-16)12-21-25(35)33-26(38-21)32-19-5-3-4-17(27)23(19)28/h3-12H,2,13H2,1H3,(H,31,34)(H,32,33,35)/b21-12+. The molecule has 0 saturated carbocycles. The van der Waals surface area contributed by atoms with Gasteiger partial charge in [-0.05, 0) is 101 Å². The Bertz CT molecular complexity index is 1450. The fourth-order valence-corrected chi connectivity index (χ4v) is 5.22. The maximum Gasteiger partial charge on any atom is 0.264 e. The molecular weight excluding hydrogens is 667 g/mol. The quantitative estimate of drug-likeness (QED) is 0.196. The first-order valence-electron chi connectivity index (χ1n) is 11.1. The lowest BCUT2D eigenvalue weighted by Crippen LogP contribution is -2.20. The number of nitrogens with one attached hydrogen (secondary N) is 2. The molecular formula is C26H19Cl2FIN3O4S. The van der Waals surface area contributed by atoms with Crippen LogP contribution in [-0.2, 0) is 9.59 Å². The second-order valence-corrected chi connectivity index (χ2v) is 10.6. The number of halogens is 4. The summed E-state index contributed by atoms with van der Waals surface area (Å²) in [5.41, 5.74) is 1.59. The number of amidine groups is 1. The molecule has 0 bridgehead atoms. The van der Waals surface area contributed by atoms with Crippen LogP contribution in [0.4, 0.5) is 15.8 Å². The van der Waals surface area contributed by atoms with E-state index in [4.69, 9.17) is 32.7 Å². The monoisotopic (exact) mass is 685 g/mol. The Morgan fingerprint density at radius 1 is 1.18 bits per heavy atom. The van der Waals surface area contributed by atoms with Crippen molar-refractivity contribution >= 4 is 92.0 Å². The molecule has 0 unspecified atom stereocenters. The van der Waals surface area contributed by atoms with Crippen LogP contribution < -0.4 is 20.1 Å². The minimum atomic E-state index is -0.410. The maximum atomic E-state index is 13.1. The molecule has 2 amide bonds. The van der Waals surface area contributed by atoms with E-state index >= 15 is 0 Å². The smallest absolute Gasteiger partial charge is 0.264 e. The van der Waals surface area contributed by atoms with Gasteiger partial charge in [0.2, 0.25) is 0 Å². The molecule has 0 spiro atoms. The molecule has 3 aromatic rings. The largest absolute Gasteiger partial charge is 0.490 e. The third-order valence-electron chi connectivity index (χ3n) is 4.91. The normalized spacial score (nSPS) is 15.0. The predicted molar refractivity (Wildman–Crippen MR) is 158 cm³/mol. The van der Waals surface area contributed by atoms with Crippen molar-refractivity contribution in [2.45, 2.75) is 6.92 Å². The molecule has 1 heterocycles. The molecule has 3 aromatic carbocycles. The SMILES string of the molecule is CCOc1cc(/C=C2/SC(=Nc3cccc(Cl)c3Cl)NC2=O)cc(I)c1OCC(=O)Nc1ccc(F)cc1.